The molecule has 7 nitrogen and oxygen atoms in total. The van der Waals surface area contributed by atoms with Gasteiger partial charge in [-0.3, -0.25) is 4.72 Å². The van der Waals surface area contributed by atoms with Crippen LogP contribution in [0.3, 0.4) is 0 Å². The van der Waals surface area contributed by atoms with E-state index in [1.54, 1.807) is 0 Å². The fourth-order valence-corrected chi connectivity index (χ4v) is 4.45. The summed E-state index contributed by atoms with van der Waals surface area (Å²) in [4.78, 5) is 15.0. The summed E-state index contributed by atoms with van der Waals surface area (Å²) < 4.78 is 46.4. The number of aryl methyl sites for hydroxylation is 1. The molecule has 2 aromatic carbocycles. The fourth-order valence-electron chi connectivity index (χ4n) is 2.45. The lowest BCUT2D eigenvalue weighted by Gasteiger charge is -2.12. The first-order valence-corrected chi connectivity index (χ1v) is 10.7. The van der Waals surface area contributed by atoms with Crippen molar-refractivity contribution in [2.24, 2.45) is 0 Å². The molecule has 0 unspecified atom stereocenters. The third-order valence-corrected chi connectivity index (χ3v) is 6.01. The Morgan fingerprint density at radius 3 is 2.70 bits per heavy atom. The molecular formula is C20H15FN2O5S2. The Morgan fingerprint density at radius 1 is 1.27 bits per heavy atom. The van der Waals surface area contributed by atoms with Gasteiger partial charge < -0.3 is 9.84 Å². The van der Waals surface area contributed by atoms with E-state index in [1.807, 2.05) is 31.2 Å². The summed E-state index contributed by atoms with van der Waals surface area (Å²) in [5.74, 6) is 2.97. The monoisotopic (exact) mass is 446 g/mol. The van der Waals surface area contributed by atoms with Crippen LogP contribution in [-0.2, 0) is 10.0 Å². The van der Waals surface area contributed by atoms with E-state index in [0.717, 1.165) is 34.6 Å². The maximum atomic E-state index is 14.0. The average molecular weight is 446 g/mol. The Hall–Kier alpha value is -3.42. The zero-order chi connectivity index (χ0) is 21.9. The van der Waals surface area contributed by atoms with Crippen LogP contribution in [-0.4, -0.2) is 31.6 Å². The second-order valence-corrected chi connectivity index (χ2v) is 8.54. The van der Waals surface area contributed by atoms with Gasteiger partial charge in [-0.05, 0) is 36.6 Å². The predicted octanol–water partition coefficient (Wildman–Crippen LogP) is 3.50. The SMILES string of the molecule is COc1cc(C(=O)O)c(F)cc1NS(=O)(=O)c1csc(C#Cc2cccc(C)c2)n1. The van der Waals surface area contributed by atoms with Crippen LogP contribution in [0.1, 0.15) is 26.5 Å². The summed E-state index contributed by atoms with van der Waals surface area (Å²) in [7, 11) is -2.97. The van der Waals surface area contributed by atoms with E-state index in [4.69, 9.17) is 9.84 Å². The summed E-state index contributed by atoms with van der Waals surface area (Å²) in [6, 6.07) is 9.16. The third kappa shape index (κ3) is 4.76. The van der Waals surface area contributed by atoms with Crippen LogP contribution in [0.25, 0.3) is 0 Å². The molecule has 3 aromatic rings. The molecule has 0 radical (unpaired) electrons. The van der Waals surface area contributed by atoms with E-state index >= 15 is 0 Å². The molecule has 0 fully saturated rings. The molecule has 1 aromatic heterocycles. The quantitative estimate of drug-likeness (QED) is 0.581. The molecule has 2 N–H and O–H groups in total. The van der Waals surface area contributed by atoms with E-state index in [9.17, 15) is 17.6 Å². The zero-order valence-corrected chi connectivity index (χ0v) is 17.4. The maximum Gasteiger partial charge on any atom is 0.338 e. The summed E-state index contributed by atoms with van der Waals surface area (Å²) in [6.07, 6.45) is 0. The molecule has 1 heterocycles. The number of halogens is 1. The van der Waals surface area contributed by atoms with Gasteiger partial charge in [-0.25, -0.2) is 14.2 Å². The number of rotatable bonds is 5. The molecule has 10 heteroatoms. The van der Waals surface area contributed by atoms with Gasteiger partial charge in [0.15, 0.2) is 10.0 Å². The predicted molar refractivity (Wildman–Crippen MR) is 110 cm³/mol. The first-order valence-electron chi connectivity index (χ1n) is 8.37. The maximum absolute atomic E-state index is 14.0. The number of aromatic carboxylic acids is 1. The smallest absolute Gasteiger partial charge is 0.338 e. The highest BCUT2D eigenvalue weighted by Crippen LogP contribution is 2.30. The standard InChI is InChI=1S/C20H15FN2O5S2/c1-12-4-3-5-13(8-12)6-7-18-22-19(11-29-18)30(26,27)23-16-10-15(21)14(20(24)25)9-17(16)28-2/h3-5,8-11,23H,1-2H3,(H,24,25). The topological polar surface area (TPSA) is 106 Å². The molecule has 3 rings (SSSR count). The molecule has 154 valence electrons. The molecule has 30 heavy (non-hydrogen) atoms. The highest BCUT2D eigenvalue weighted by molar-refractivity contribution is 7.92. The van der Waals surface area contributed by atoms with Gasteiger partial charge in [0.05, 0.1) is 18.4 Å². The van der Waals surface area contributed by atoms with Crippen LogP contribution in [0.4, 0.5) is 10.1 Å². The van der Waals surface area contributed by atoms with Crippen molar-refractivity contribution in [1.82, 2.24) is 4.98 Å². The Kier molecular flexibility index (Phi) is 6.05. The highest BCUT2D eigenvalue weighted by atomic mass is 32.2. The third-order valence-electron chi connectivity index (χ3n) is 3.85. The highest BCUT2D eigenvalue weighted by Gasteiger charge is 2.22. The minimum absolute atomic E-state index is 0.146. The van der Waals surface area contributed by atoms with Gasteiger partial charge >= 0.3 is 5.97 Å². The molecule has 0 saturated carbocycles. The number of hydrogen-bond donors (Lipinski definition) is 2. The van der Waals surface area contributed by atoms with Gasteiger partial charge in [0.2, 0.25) is 0 Å². The minimum Gasteiger partial charge on any atom is -0.495 e. The molecule has 0 bridgehead atoms. The molecule has 0 aliphatic rings. The zero-order valence-electron chi connectivity index (χ0n) is 15.8. The van der Waals surface area contributed by atoms with Crippen LogP contribution in [0.15, 0.2) is 46.8 Å². The number of carboxylic acids is 1. The van der Waals surface area contributed by atoms with Gasteiger partial charge in [-0.2, -0.15) is 8.42 Å². The van der Waals surface area contributed by atoms with Crippen molar-refractivity contribution in [2.45, 2.75) is 11.9 Å². The molecule has 0 amide bonds. The lowest BCUT2D eigenvalue weighted by molar-refractivity contribution is 0.0691. The number of sulfonamides is 1. The molecule has 0 saturated heterocycles. The number of thiazole rings is 1. The Labute approximate surface area is 176 Å². The van der Waals surface area contributed by atoms with Crippen LogP contribution in [0.2, 0.25) is 0 Å². The summed E-state index contributed by atoms with van der Waals surface area (Å²) >= 11 is 1.04. The Morgan fingerprint density at radius 2 is 2.03 bits per heavy atom. The number of aromatic nitrogens is 1. The molecule has 0 aliphatic heterocycles. The number of carbonyl (C=O) groups is 1. The van der Waals surface area contributed by atoms with Crippen LogP contribution >= 0.6 is 11.3 Å². The van der Waals surface area contributed by atoms with Gasteiger partial charge in [0.1, 0.15) is 11.6 Å². The number of nitrogens with zero attached hydrogens (tertiary/aromatic N) is 1. The van der Waals surface area contributed by atoms with Crippen molar-refractivity contribution >= 4 is 33.0 Å². The molecule has 0 spiro atoms. The van der Waals surface area contributed by atoms with Crippen molar-refractivity contribution in [3.05, 3.63) is 69.3 Å². The summed E-state index contributed by atoms with van der Waals surface area (Å²) in [6.45, 7) is 1.94. The largest absolute Gasteiger partial charge is 0.495 e. The second-order valence-electron chi connectivity index (χ2n) is 6.05. The Bertz CT molecular complexity index is 1290. The van der Waals surface area contributed by atoms with Gasteiger partial charge in [0.25, 0.3) is 10.0 Å². The van der Waals surface area contributed by atoms with E-state index in [0.29, 0.717) is 0 Å². The number of nitrogens with one attached hydrogen (secondary N) is 1. The van der Waals surface area contributed by atoms with Crippen molar-refractivity contribution < 1.29 is 27.4 Å². The van der Waals surface area contributed by atoms with E-state index < -0.39 is 27.4 Å². The van der Waals surface area contributed by atoms with Gasteiger partial charge in [0, 0.05) is 17.0 Å². The van der Waals surface area contributed by atoms with Crippen molar-refractivity contribution in [1.29, 1.82) is 0 Å². The number of carboxylic acid groups (broad SMARTS) is 1. The van der Waals surface area contributed by atoms with Crippen molar-refractivity contribution in [3.8, 4) is 17.6 Å². The lowest BCUT2D eigenvalue weighted by atomic mass is 10.1. The lowest BCUT2D eigenvalue weighted by Crippen LogP contribution is -2.15. The first kappa shape index (κ1) is 21.3. The molecular weight excluding hydrogens is 431 g/mol. The number of benzene rings is 2. The number of methoxy groups -OCH3 is 1. The van der Waals surface area contributed by atoms with E-state index in [2.05, 4.69) is 21.5 Å². The minimum atomic E-state index is -4.18. The second kappa shape index (κ2) is 8.52. The van der Waals surface area contributed by atoms with Gasteiger partial charge in [-0.15, -0.1) is 11.3 Å². The van der Waals surface area contributed by atoms with Crippen molar-refractivity contribution in [3.63, 3.8) is 0 Å². The van der Waals surface area contributed by atoms with Crippen LogP contribution < -0.4 is 9.46 Å². The van der Waals surface area contributed by atoms with Crippen molar-refractivity contribution in [2.75, 3.05) is 11.8 Å². The van der Waals surface area contributed by atoms with E-state index in [1.165, 1.54) is 12.5 Å². The number of anilines is 1. The van der Waals surface area contributed by atoms with Crippen LogP contribution in [0.5, 0.6) is 5.75 Å². The summed E-state index contributed by atoms with van der Waals surface area (Å²) in [5.41, 5.74) is 0.924. The molecule has 0 atom stereocenters. The Balaban J connectivity index is 1.87. The number of ether oxygens (including phenoxy) is 1. The average Bonchev–Trinajstić information content (AvgIpc) is 3.16. The first-order chi connectivity index (χ1) is 14.2. The van der Waals surface area contributed by atoms with E-state index in [-0.39, 0.29) is 21.5 Å². The summed E-state index contributed by atoms with van der Waals surface area (Å²) in [5, 5.41) is 10.3. The normalized spacial score (nSPS) is 10.8. The number of hydrogen-bond acceptors (Lipinski definition) is 6. The van der Waals surface area contributed by atoms with Gasteiger partial charge in [-0.1, -0.05) is 18.1 Å². The fraction of sp³-hybridized carbons (Fsp3) is 0.100. The molecule has 0 aliphatic carbocycles. The van der Waals surface area contributed by atoms with Crippen LogP contribution in [0, 0.1) is 24.6 Å².